The molecule has 0 saturated carbocycles. The summed E-state index contributed by atoms with van der Waals surface area (Å²) >= 11 is 0. The van der Waals surface area contributed by atoms with Gasteiger partial charge in [-0.05, 0) is 18.2 Å². The zero-order valence-corrected chi connectivity index (χ0v) is 9.32. The fourth-order valence-corrected chi connectivity index (χ4v) is 1.50. The Morgan fingerprint density at radius 2 is 2.24 bits per heavy atom. The van der Waals surface area contributed by atoms with Crippen LogP contribution in [-0.4, -0.2) is 39.0 Å². The molecule has 0 aliphatic heterocycles. The smallest absolute Gasteiger partial charge is 0.422 e. The van der Waals surface area contributed by atoms with Gasteiger partial charge in [0.2, 0.25) is 0 Å². The van der Waals surface area contributed by atoms with Crippen LogP contribution in [0, 0.1) is 0 Å². The molecule has 0 spiro atoms. The predicted molar refractivity (Wildman–Crippen MR) is 61.9 cm³/mol. The molecule has 6 nitrogen and oxygen atoms in total. The lowest BCUT2D eigenvalue weighted by Gasteiger charge is -2.07. The molecule has 2 aromatic heterocycles. The number of hydrogen-bond donors (Lipinski definition) is 2. The van der Waals surface area contributed by atoms with Gasteiger partial charge in [0.05, 0.1) is 23.6 Å². The predicted octanol–water partition coefficient (Wildman–Crippen LogP) is -0.907. The second kappa shape index (κ2) is 5.09. The molecule has 88 valence electrons. The molecular weight excluding hydrogens is 221 g/mol. The van der Waals surface area contributed by atoms with Gasteiger partial charge in [-0.1, -0.05) is 0 Å². The van der Waals surface area contributed by atoms with Crippen molar-refractivity contribution in [3.8, 4) is 5.69 Å². The number of aromatic nitrogens is 3. The molecule has 2 heterocycles. The van der Waals surface area contributed by atoms with E-state index in [1.54, 1.807) is 25.6 Å². The van der Waals surface area contributed by atoms with Crippen molar-refractivity contribution < 1.29 is 14.8 Å². The van der Waals surface area contributed by atoms with Crippen LogP contribution in [0.25, 0.3) is 5.69 Å². The molecule has 2 aromatic rings. The van der Waals surface area contributed by atoms with E-state index < -0.39 is 7.12 Å². The van der Waals surface area contributed by atoms with Gasteiger partial charge in [0.15, 0.2) is 0 Å². The number of methoxy groups -OCH3 is 1. The molecule has 0 aliphatic carbocycles. The Kier molecular flexibility index (Phi) is 3.53. The van der Waals surface area contributed by atoms with E-state index in [-0.39, 0.29) is 5.59 Å². The second-order valence-electron chi connectivity index (χ2n) is 3.46. The number of nitrogens with zero attached hydrogens (tertiary/aromatic N) is 3. The summed E-state index contributed by atoms with van der Waals surface area (Å²) < 4.78 is 6.58. The third-order valence-electron chi connectivity index (χ3n) is 2.27. The van der Waals surface area contributed by atoms with Crippen LogP contribution < -0.4 is 5.59 Å². The molecule has 0 amide bonds. The molecule has 0 aliphatic rings. The molecule has 0 radical (unpaired) electrons. The lowest BCUT2D eigenvalue weighted by atomic mass is 9.87. The summed E-state index contributed by atoms with van der Waals surface area (Å²) in [7, 11) is 0.0172. The number of hydrogen-bond acceptors (Lipinski definition) is 5. The summed E-state index contributed by atoms with van der Waals surface area (Å²) in [5.74, 6) is 0. The van der Waals surface area contributed by atoms with Crippen LogP contribution in [0.5, 0.6) is 0 Å². The largest absolute Gasteiger partial charge is 0.510 e. The maximum atomic E-state index is 9.00. The van der Waals surface area contributed by atoms with Crippen molar-refractivity contribution in [1.29, 1.82) is 0 Å². The average molecular weight is 233 g/mol. The highest BCUT2D eigenvalue weighted by atomic mass is 16.5. The SMILES string of the molecule is COCc1ncccc1-n1ccc(B(O)O)n1. The Balaban J connectivity index is 2.38. The molecule has 7 heteroatoms. The monoisotopic (exact) mass is 233 g/mol. The quantitative estimate of drug-likeness (QED) is 0.668. The lowest BCUT2D eigenvalue weighted by Crippen LogP contribution is -2.31. The fraction of sp³-hybridized carbons (Fsp3) is 0.200. The van der Waals surface area contributed by atoms with E-state index in [9.17, 15) is 0 Å². The van der Waals surface area contributed by atoms with Crippen molar-refractivity contribution in [2.75, 3.05) is 7.11 Å². The minimum atomic E-state index is -1.57. The summed E-state index contributed by atoms with van der Waals surface area (Å²) in [6.45, 7) is 0.368. The van der Waals surface area contributed by atoms with Crippen LogP contribution in [0.2, 0.25) is 0 Å². The molecule has 0 saturated heterocycles. The average Bonchev–Trinajstić information content (AvgIpc) is 2.79. The zero-order valence-electron chi connectivity index (χ0n) is 9.32. The number of pyridine rings is 1. The standard InChI is InChI=1S/C10H12BN3O3/c1-17-7-8-9(3-2-5-12-8)14-6-4-10(13-14)11(15)16/h2-6,15-16H,7H2,1H3. The summed E-state index contributed by atoms with van der Waals surface area (Å²) in [5.41, 5.74) is 1.68. The summed E-state index contributed by atoms with van der Waals surface area (Å²) in [6, 6.07) is 5.15. The van der Waals surface area contributed by atoms with Crippen molar-refractivity contribution in [2.45, 2.75) is 6.61 Å². The normalized spacial score (nSPS) is 10.5. The van der Waals surface area contributed by atoms with Gasteiger partial charge in [-0.15, -0.1) is 0 Å². The fourth-order valence-electron chi connectivity index (χ4n) is 1.50. The topological polar surface area (TPSA) is 80.4 Å². The molecule has 0 bridgehead atoms. The van der Waals surface area contributed by atoms with E-state index in [2.05, 4.69) is 10.1 Å². The van der Waals surface area contributed by atoms with E-state index >= 15 is 0 Å². The van der Waals surface area contributed by atoms with E-state index in [0.29, 0.717) is 6.61 Å². The van der Waals surface area contributed by atoms with Crippen LogP contribution in [0.3, 0.4) is 0 Å². The molecule has 0 unspecified atom stereocenters. The van der Waals surface area contributed by atoms with Gasteiger partial charge in [-0.2, -0.15) is 5.10 Å². The van der Waals surface area contributed by atoms with Crippen molar-refractivity contribution >= 4 is 12.7 Å². The molecular formula is C10H12BN3O3. The highest BCUT2D eigenvalue weighted by molar-refractivity contribution is 6.57. The molecule has 0 fully saturated rings. The summed E-state index contributed by atoms with van der Waals surface area (Å²) in [5, 5.41) is 22.0. The van der Waals surface area contributed by atoms with Gasteiger partial charge in [-0.3, -0.25) is 4.98 Å². The molecule has 2 rings (SSSR count). The van der Waals surface area contributed by atoms with E-state index in [4.69, 9.17) is 14.8 Å². The molecule has 2 N–H and O–H groups in total. The van der Waals surface area contributed by atoms with Crippen LogP contribution in [-0.2, 0) is 11.3 Å². The van der Waals surface area contributed by atoms with E-state index in [0.717, 1.165) is 11.4 Å². The van der Waals surface area contributed by atoms with Crippen LogP contribution in [0.1, 0.15) is 5.69 Å². The summed E-state index contributed by atoms with van der Waals surface area (Å²) in [6.07, 6.45) is 3.31. The number of ether oxygens (including phenoxy) is 1. The highest BCUT2D eigenvalue weighted by Gasteiger charge is 2.15. The van der Waals surface area contributed by atoms with Gasteiger partial charge in [-0.25, -0.2) is 4.68 Å². The van der Waals surface area contributed by atoms with Gasteiger partial charge < -0.3 is 14.8 Å². The molecule has 0 aromatic carbocycles. The lowest BCUT2D eigenvalue weighted by molar-refractivity contribution is 0.181. The first-order chi connectivity index (χ1) is 8.22. The van der Waals surface area contributed by atoms with E-state index in [1.165, 1.54) is 10.7 Å². The minimum absolute atomic E-state index is 0.192. The third kappa shape index (κ3) is 2.52. The Morgan fingerprint density at radius 3 is 2.88 bits per heavy atom. The first kappa shape index (κ1) is 11.8. The Morgan fingerprint density at radius 1 is 1.41 bits per heavy atom. The van der Waals surface area contributed by atoms with Gasteiger partial charge in [0, 0.05) is 19.5 Å². The first-order valence-electron chi connectivity index (χ1n) is 5.07. The summed E-state index contributed by atoms with van der Waals surface area (Å²) in [4.78, 5) is 4.19. The van der Waals surface area contributed by atoms with E-state index in [1.807, 2.05) is 6.07 Å². The van der Waals surface area contributed by atoms with Crippen molar-refractivity contribution in [2.24, 2.45) is 0 Å². The Hall–Kier alpha value is -1.70. The van der Waals surface area contributed by atoms with Gasteiger partial charge >= 0.3 is 7.12 Å². The van der Waals surface area contributed by atoms with Crippen molar-refractivity contribution in [3.05, 3.63) is 36.3 Å². The van der Waals surface area contributed by atoms with Gasteiger partial charge in [0.25, 0.3) is 0 Å². The maximum Gasteiger partial charge on any atom is 0.510 e. The Labute approximate surface area is 98.6 Å². The first-order valence-corrected chi connectivity index (χ1v) is 5.07. The van der Waals surface area contributed by atoms with Crippen LogP contribution >= 0.6 is 0 Å². The van der Waals surface area contributed by atoms with Crippen molar-refractivity contribution in [3.63, 3.8) is 0 Å². The van der Waals surface area contributed by atoms with Crippen LogP contribution in [0.4, 0.5) is 0 Å². The molecule has 0 atom stereocenters. The van der Waals surface area contributed by atoms with Crippen molar-refractivity contribution in [1.82, 2.24) is 14.8 Å². The molecule has 17 heavy (non-hydrogen) atoms. The zero-order chi connectivity index (χ0) is 12.3. The van der Waals surface area contributed by atoms with Gasteiger partial charge in [0.1, 0.15) is 0 Å². The maximum absolute atomic E-state index is 9.00. The van der Waals surface area contributed by atoms with Crippen LogP contribution in [0.15, 0.2) is 30.6 Å². The highest BCUT2D eigenvalue weighted by Crippen LogP contribution is 2.10. The number of rotatable bonds is 4. The minimum Gasteiger partial charge on any atom is -0.422 e. The third-order valence-corrected chi connectivity index (χ3v) is 2.27. The second-order valence-corrected chi connectivity index (χ2v) is 3.46. The Bertz CT molecular complexity index is 501.